The van der Waals surface area contributed by atoms with Crippen LogP contribution in [0, 0.1) is 0 Å². The molecule has 1 heterocycles. The van der Waals surface area contributed by atoms with Crippen molar-refractivity contribution in [2.45, 2.75) is 24.9 Å². The molecule has 0 aliphatic carbocycles. The number of nitrogens with one attached hydrogen (secondary N) is 2. The second-order valence-corrected chi connectivity index (χ2v) is 6.27. The number of carbonyl (C=O) groups excluding carboxylic acids is 1. The maximum Gasteiger partial charge on any atom is 0.411 e. The number of carboxylic acid groups (broad SMARTS) is 1. The van der Waals surface area contributed by atoms with E-state index in [0.29, 0.717) is 18.0 Å². The zero-order valence-electron chi connectivity index (χ0n) is 14.5. The Balaban J connectivity index is 2.10. The minimum atomic E-state index is -1.23. The van der Waals surface area contributed by atoms with Gasteiger partial charge in [0.25, 0.3) is 0 Å². The zero-order chi connectivity index (χ0) is 19.0. The lowest BCUT2D eigenvalue weighted by Gasteiger charge is -2.31. The number of unbranched alkanes of at least 4 members (excludes halogenated alkanes) is 1. The summed E-state index contributed by atoms with van der Waals surface area (Å²) in [6.07, 6.45) is 5.46. The highest BCUT2D eigenvalue weighted by Gasteiger charge is 2.33. The van der Waals surface area contributed by atoms with Gasteiger partial charge >= 0.3 is 17.2 Å². The fraction of sp³-hybridized carbons (Fsp3) is 0.353. The lowest BCUT2D eigenvalue weighted by atomic mass is 10.3. The molecule has 3 N–H and O–H groups in total. The van der Waals surface area contributed by atoms with E-state index in [1.807, 2.05) is 6.92 Å². The first-order chi connectivity index (χ1) is 12.5. The summed E-state index contributed by atoms with van der Waals surface area (Å²) < 4.78 is 11.0. The highest BCUT2D eigenvalue weighted by atomic mass is 32.2. The summed E-state index contributed by atoms with van der Waals surface area (Å²) in [4.78, 5) is 27.0. The molecule has 1 aromatic carbocycles. The Bertz CT molecular complexity index is 722. The average molecular weight is 379 g/mol. The molecule has 1 aliphatic heterocycles. The predicted octanol–water partition coefficient (Wildman–Crippen LogP) is 3.03. The van der Waals surface area contributed by atoms with Crippen LogP contribution in [0.15, 0.2) is 41.0 Å². The Labute approximate surface area is 155 Å². The van der Waals surface area contributed by atoms with Crippen LogP contribution in [-0.2, 0) is 9.53 Å². The lowest BCUT2D eigenvalue weighted by molar-refractivity contribution is -0.132. The standard InChI is InChI=1S/C17H21N3O5S/c1-3-4-9-24-16(23)20-13-7-5-6-8-14(13)25-17(26-2)18-10-12(11-19-17)15(21)22/h5-8,10-11,18H,3-4,9H2,1-2H3,(H,20,23)(H,21,22). The summed E-state index contributed by atoms with van der Waals surface area (Å²) in [6, 6.07) is 6.85. The molecular weight excluding hydrogens is 358 g/mol. The first kappa shape index (κ1) is 19.6. The fourth-order valence-corrected chi connectivity index (χ4v) is 2.50. The molecule has 0 bridgehead atoms. The number of aliphatic carboxylic acids is 1. The van der Waals surface area contributed by atoms with Crippen LogP contribution < -0.4 is 15.4 Å². The number of benzene rings is 1. The van der Waals surface area contributed by atoms with Gasteiger partial charge in [0.05, 0.1) is 17.9 Å². The molecule has 0 aromatic heterocycles. The molecule has 8 nitrogen and oxygen atoms in total. The fourth-order valence-electron chi connectivity index (χ4n) is 1.99. The van der Waals surface area contributed by atoms with Crippen LogP contribution in [0.4, 0.5) is 10.5 Å². The molecule has 1 atom stereocenters. The van der Waals surface area contributed by atoms with Crippen LogP contribution in [-0.4, -0.2) is 41.4 Å². The van der Waals surface area contributed by atoms with Crippen molar-refractivity contribution in [1.29, 1.82) is 0 Å². The van der Waals surface area contributed by atoms with Crippen LogP contribution in [0.3, 0.4) is 0 Å². The van der Waals surface area contributed by atoms with E-state index in [0.717, 1.165) is 12.8 Å². The summed E-state index contributed by atoms with van der Waals surface area (Å²) in [7, 11) is 0. The lowest BCUT2D eigenvalue weighted by Crippen LogP contribution is -2.45. The molecule has 1 amide bonds. The van der Waals surface area contributed by atoms with Crippen molar-refractivity contribution in [3.05, 3.63) is 36.0 Å². The van der Waals surface area contributed by atoms with Crippen molar-refractivity contribution >= 4 is 35.7 Å². The predicted molar refractivity (Wildman–Crippen MR) is 101 cm³/mol. The van der Waals surface area contributed by atoms with E-state index in [2.05, 4.69) is 15.6 Å². The van der Waals surface area contributed by atoms with Gasteiger partial charge in [-0.3, -0.25) is 5.32 Å². The van der Waals surface area contributed by atoms with Gasteiger partial charge in [-0.15, -0.1) is 0 Å². The second kappa shape index (κ2) is 9.14. The number of anilines is 1. The molecule has 26 heavy (non-hydrogen) atoms. The smallest absolute Gasteiger partial charge is 0.411 e. The van der Waals surface area contributed by atoms with Crippen LogP contribution in [0.2, 0.25) is 0 Å². The Morgan fingerprint density at radius 1 is 1.38 bits per heavy atom. The third-order valence-electron chi connectivity index (χ3n) is 3.41. The molecule has 0 spiro atoms. The minimum Gasteiger partial charge on any atom is -0.478 e. The molecule has 1 unspecified atom stereocenters. The van der Waals surface area contributed by atoms with Crippen LogP contribution in [0.1, 0.15) is 19.8 Å². The molecule has 2 rings (SSSR count). The van der Waals surface area contributed by atoms with Gasteiger partial charge < -0.3 is 19.9 Å². The molecule has 9 heteroatoms. The van der Waals surface area contributed by atoms with Gasteiger partial charge in [-0.05, 0) is 24.8 Å². The molecular formula is C17H21N3O5S. The van der Waals surface area contributed by atoms with E-state index in [9.17, 15) is 9.59 Å². The SMILES string of the molecule is CCCCOC(=O)Nc1ccccc1OC1(SC)N=CC(C(=O)O)=CN1. The van der Waals surface area contributed by atoms with Gasteiger partial charge in [0.2, 0.25) is 0 Å². The third-order valence-corrected chi connectivity index (χ3v) is 4.27. The van der Waals surface area contributed by atoms with Crippen molar-refractivity contribution < 1.29 is 24.2 Å². The number of amides is 1. The molecule has 1 aromatic rings. The number of carbonyl (C=O) groups is 2. The van der Waals surface area contributed by atoms with Gasteiger partial charge in [0, 0.05) is 12.4 Å². The molecule has 0 fully saturated rings. The summed E-state index contributed by atoms with van der Waals surface area (Å²) in [5.74, 6) is -0.723. The largest absolute Gasteiger partial charge is 0.478 e. The van der Waals surface area contributed by atoms with Crippen LogP contribution in [0.25, 0.3) is 0 Å². The Hall–Kier alpha value is -2.68. The van der Waals surface area contributed by atoms with Crippen LogP contribution >= 0.6 is 11.8 Å². The number of hydrogen-bond acceptors (Lipinski definition) is 7. The molecule has 0 saturated heterocycles. The van der Waals surface area contributed by atoms with E-state index < -0.39 is 17.2 Å². The average Bonchev–Trinajstić information content (AvgIpc) is 2.64. The summed E-state index contributed by atoms with van der Waals surface area (Å²) in [5, 5.41) is 13.2. The van der Waals surface area contributed by atoms with Gasteiger partial charge in [-0.2, -0.15) is 0 Å². The van der Waals surface area contributed by atoms with E-state index >= 15 is 0 Å². The number of ether oxygens (including phenoxy) is 2. The normalized spacial score (nSPS) is 18.5. The number of nitrogens with zero attached hydrogens (tertiary/aromatic N) is 1. The van der Waals surface area contributed by atoms with Crippen molar-refractivity contribution in [3.8, 4) is 5.75 Å². The van der Waals surface area contributed by atoms with E-state index in [1.54, 1.807) is 30.5 Å². The van der Waals surface area contributed by atoms with Gasteiger partial charge in [-0.25, -0.2) is 14.6 Å². The van der Waals surface area contributed by atoms with Gasteiger partial charge in [0.15, 0.2) is 0 Å². The van der Waals surface area contributed by atoms with Crippen molar-refractivity contribution in [2.75, 3.05) is 18.2 Å². The molecule has 1 aliphatic rings. The maximum atomic E-state index is 11.9. The summed E-state index contributed by atoms with van der Waals surface area (Å²) in [6.45, 7) is 2.35. The number of para-hydroxylation sites is 2. The first-order valence-corrected chi connectivity index (χ1v) is 9.25. The second-order valence-electron chi connectivity index (χ2n) is 5.31. The third kappa shape index (κ3) is 5.16. The number of hydrogen-bond donors (Lipinski definition) is 3. The van der Waals surface area contributed by atoms with Gasteiger partial charge in [0.1, 0.15) is 5.75 Å². The number of carboxylic acids is 1. The van der Waals surface area contributed by atoms with E-state index in [1.165, 1.54) is 24.2 Å². The number of rotatable bonds is 8. The molecule has 0 saturated carbocycles. The highest BCUT2D eigenvalue weighted by Crippen LogP contribution is 2.33. The summed E-state index contributed by atoms with van der Waals surface area (Å²) >= 11 is 1.23. The van der Waals surface area contributed by atoms with Crippen LogP contribution in [0.5, 0.6) is 5.75 Å². The topological polar surface area (TPSA) is 109 Å². The highest BCUT2D eigenvalue weighted by molar-refractivity contribution is 7.99. The van der Waals surface area contributed by atoms with E-state index in [-0.39, 0.29) is 5.57 Å². The molecule has 0 radical (unpaired) electrons. The monoisotopic (exact) mass is 379 g/mol. The maximum absolute atomic E-state index is 11.9. The number of aliphatic imine (C=N–C) groups is 1. The quantitative estimate of drug-likeness (QED) is 0.470. The minimum absolute atomic E-state index is 0.0178. The zero-order valence-corrected chi connectivity index (χ0v) is 15.3. The van der Waals surface area contributed by atoms with Crippen molar-refractivity contribution in [1.82, 2.24) is 5.32 Å². The van der Waals surface area contributed by atoms with E-state index in [4.69, 9.17) is 14.6 Å². The van der Waals surface area contributed by atoms with Gasteiger partial charge in [-0.1, -0.05) is 37.2 Å². The number of thioether (sulfide) groups is 1. The Morgan fingerprint density at radius 2 is 2.15 bits per heavy atom. The van der Waals surface area contributed by atoms with Crippen molar-refractivity contribution in [3.63, 3.8) is 0 Å². The summed E-state index contributed by atoms with van der Waals surface area (Å²) in [5.41, 5.74) is 0.441. The Morgan fingerprint density at radius 3 is 2.77 bits per heavy atom. The van der Waals surface area contributed by atoms with Crippen molar-refractivity contribution in [2.24, 2.45) is 4.99 Å². The Kier molecular flexibility index (Phi) is 6.90. The molecule has 140 valence electrons. The first-order valence-electron chi connectivity index (χ1n) is 8.03.